The van der Waals surface area contributed by atoms with Crippen LogP contribution in [0.1, 0.15) is 17.2 Å². The van der Waals surface area contributed by atoms with Crippen LogP contribution in [0.5, 0.6) is 0 Å². The Kier molecular flexibility index (Phi) is 2.44. The van der Waals surface area contributed by atoms with Gasteiger partial charge in [0.05, 0.1) is 6.20 Å². The molecular weight excluding hydrogens is 160 g/mol. The summed E-state index contributed by atoms with van der Waals surface area (Å²) < 4.78 is 4.77. The first-order chi connectivity index (χ1) is 5.66. The molecule has 1 rings (SSSR count). The van der Waals surface area contributed by atoms with Gasteiger partial charge in [0, 0.05) is 12.1 Å². The van der Waals surface area contributed by atoms with Gasteiger partial charge in [0.2, 0.25) is 0 Å². The average molecular weight is 170 g/mol. The highest BCUT2D eigenvalue weighted by molar-refractivity contribution is 5.75. The maximum Gasteiger partial charge on any atom is 0.315 e. The summed E-state index contributed by atoms with van der Waals surface area (Å²) >= 11 is 0. The summed E-state index contributed by atoms with van der Waals surface area (Å²) in [7, 11) is 0. The third kappa shape index (κ3) is 1.45. The summed E-state index contributed by atoms with van der Waals surface area (Å²) in [5.41, 5.74) is 5.98. The first-order valence-electron chi connectivity index (χ1n) is 3.51. The molecule has 0 aliphatic rings. The zero-order valence-corrected chi connectivity index (χ0v) is 6.65. The second-order valence-electron chi connectivity index (χ2n) is 2.50. The molecule has 0 aliphatic heterocycles. The molecule has 1 atom stereocenters. The van der Waals surface area contributed by atoms with Crippen molar-refractivity contribution < 1.29 is 14.4 Å². The molecule has 5 heteroatoms. The van der Waals surface area contributed by atoms with Gasteiger partial charge in [-0.15, -0.1) is 0 Å². The number of carboxylic acid groups (broad SMARTS) is 1. The van der Waals surface area contributed by atoms with Crippen molar-refractivity contribution in [3.8, 4) is 0 Å². The van der Waals surface area contributed by atoms with Gasteiger partial charge in [-0.25, -0.2) is 0 Å². The molecule has 0 saturated carbocycles. The van der Waals surface area contributed by atoms with Crippen molar-refractivity contribution in [3.05, 3.63) is 17.5 Å². The number of aryl methyl sites for hydroxylation is 1. The summed E-state index contributed by atoms with van der Waals surface area (Å²) in [6.07, 6.45) is 1.47. The molecule has 0 bridgehead atoms. The van der Waals surface area contributed by atoms with Gasteiger partial charge in [0.1, 0.15) is 5.92 Å². The minimum atomic E-state index is -0.989. The molecule has 1 aromatic heterocycles. The first kappa shape index (κ1) is 8.73. The lowest BCUT2D eigenvalue weighted by molar-refractivity contribution is -0.139. The molecule has 0 saturated heterocycles. The number of nitrogens with two attached hydrogens (primary N) is 1. The van der Waals surface area contributed by atoms with Crippen LogP contribution in [-0.4, -0.2) is 22.8 Å². The second kappa shape index (κ2) is 3.36. The number of hydrogen-bond acceptors (Lipinski definition) is 4. The number of aromatic nitrogens is 1. The second-order valence-corrected chi connectivity index (χ2v) is 2.50. The van der Waals surface area contributed by atoms with E-state index in [1.807, 2.05) is 0 Å². The predicted molar refractivity (Wildman–Crippen MR) is 40.7 cm³/mol. The van der Waals surface area contributed by atoms with Crippen molar-refractivity contribution in [1.82, 2.24) is 5.16 Å². The molecule has 3 N–H and O–H groups in total. The molecule has 1 unspecified atom stereocenters. The Labute approximate surface area is 69.2 Å². The Morgan fingerprint density at radius 3 is 2.92 bits per heavy atom. The fourth-order valence-corrected chi connectivity index (χ4v) is 0.956. The average Bonchev–Trinajstić information content (AvgIpc) is 2.38. The molecule has 66 valence electrons. The van der Waals surface area contributed by atoms with Crippen molar-refractivity contribution in [2.45, 2.75) is 12.8 Å². The number of carboxylic acids is 1. The largest absolute Gasteiger partial charge is 0.481 e. The van der Waals surface area contributed by atoms with E-state index in [0.717, 1.165) is 0 Å². The molecular formula is C7H10N2O3. The normalized spacial score (nSPS) is 12.8. The Balaban J connectivity index is 2.94. The zero-order valence-electron chi connectivity index (χ0n) is 6.65. The van der Waals surface area contributed by atoms with E-state index >= 15 is 0 Å². The van der Waals surface area contributed by atoms with Gasteiger partial charge in [-0.2, -0.15) is 0 Å². The summed E-state index contributed by atoms with van der Waals surface area (Å²) in [6.45, 7) is 1.75. The molecule has 0 aromatic carbocycles. The van der Waals surface area contributed by atoms with Crippen LogP contribution in [0.25, 0.3) is 0 Å². The highest BCUT2D eigenvalue weighted by Crippen LogP contribution is 2.18. The van der Waals surface area contributed by atoms with Crippen LogP contribution in [0.4, 0.5) is 0 Å². The lowest BCUT2D eigenvalue weighted by atomic mass is 10.0. The molecule has 0 aliphatic carbocycles. The summed E-state index contributed by atoms with van der Waals surface area (Å²) in [4.78, 5) is 10.6. The van der Waals surface area contributed by atoms with Crippen molar-refractivity contribution in [3.63, 3.8) is 0 Å². The van der Waals surface area contributed by atoms with Gasteiger partial charge in [-0.1, -0.05) is 5.16 Å². The fourth-order valence-electron chi connectivity index (χ4n) is 0.956. The first-order valence-corrected chi connectivity index (χ1v) is 3.51. The molecule has 1 aromatic rings. The van der Waals surface area contributed by atoms with E-state index in [9.17, 15) is 4.79 Å². The quantitative estimate of drug-likeness (QED) is 0.672. The molecule has 0 spiro atoms. The number of carbonyl (C=O) groups is 1. The Bertz CT molecular complexity index is 282. The third-order valence-electron chi connectivity index (χ3n) is 1.64. The van der Waals surface area contributed by atoms with E-state index in [0.29, 0.717) is 11.3 Å². The minimum absolute atomic E-state index is 0.0192. The molecule has 1 heterocycles. The minimum Gasteiger partial charge on any atom is -0.481 e. The van der Waals surface area contributed by atoms with Gasteiger partial charge in [-0.05, 0) is 6.92 Å². The Morgan fingerprint density at radius 2 is 2.58 bits per heavy atom. The predicted octanol–water partition coefficient (Wildman–Crippen LogP) is 0.110. The van der Waals surface area contributed by atoms with Crippen molar-refractivity contribution in [2.75, 3.05) is 6.54 Å². The van der Waals surface area contributed by atoms with E-state index in [1.54, 1.807) is 6.92 Å². The lowest BCUT2D eigenvalue weighted by Gasteiger charge is -2.04. The monoisotopic (exact) mass is 170 g/mol. The van der Waals surface area contributed by atoms with Crippen LogP contribution >= 0.6 is 0 Å². The number of aliphatic carboxylic acids is 1. The summed E-state index contributed by atoms with van der Waals surface area (Å²) in [5.74, 6) is -1.44. The standard InChI is InChI=1S/C7H10N2O3/c1-4-3-9-12-6(4)5(2-8)7(10)11/h3,5H,2,8H2,1H3,(H,10,11). The molecule has 12 heavy (non-hydrogen) atoms. The van der Waals surface area contributed by atoms with Crippen molar-refractivity contribution in [2.24, 2.45) is 5.73 Å². The highest BCUT2D eigenvalue weighted by atomic mass is 16.5. The van der Waals surface area contributed by atoms with Crippen molar-refractivity contribution in [1.29, 1.82) is 0 Å². The van der Waals surface area contributed by atoms with E-state index in [-0.39, 0.29) is 6.54 Å². The van der Waals surface area contributed by atoms with Crippen LogP contribution < -0.4 is 5.73 Å². The van der Waals surface area contributed by atoms with E-state index in [2.05, 4.69) is 5.16 Å². The van der Waals surface area contributed by atoms with Crippen LogP contribution in [-0.2, 0) is 4.79 Å². The van der Waals surface area contributed by atoms with E-state index in [1.165, 1.54) is 6.20 Å². The summed E-state index contributed by atoms with van der Waals surface area (Å²) in [5, 5.41) is 12.2. The van der Waals surface area contributed by atoms with Gasteiger partial charge in [0.25, 0.3) is 0 Å². The van der Waals surface area contributed by atoms with E-state index < -0.39 is 11.9 Å². The van der Waals surface area contributed by atoms with Crippen molar-refractivity contribution >= 4 is 5.97 Å². The zero-order chi connectivity index (χ0) is 9.14. The third-order valence-corrected chi connectivity index (χ3v) is 1.64. The molecule has 0 fully saturated rings. The van der Waals surface area contributed by atoms with Gasteiger partial charge in [-0.3, -0.25) is 4.79 Å². The van der Waals surface area contributed by atoms with Crippen LogP contribution in [0.2, 0.25) is 0 Å². The van der Waals surface area contributed by atoms with E-state index in [4.69, 9.17) is 15.4 Å². The maximum absolute atomic E-state index is 10.6. The number of rotatable bonds is 3. The maximum atomic E-state index is 10.6. The Morgan fingerprint density at radius 1 is 1.92 bits per heavy atom. The van der Waals surface area contributed by atoms with Gasteiger partial charge >= 0.3 is 5.97 Å². The van der Waals surface area contributed by atoms with Crippen LogP contribution in [0.15, 0.2) is 10.7 Å². The summed E-state index contributed by atoms with van der Waals surface area (Å²) in [6, 6.07) is 0. The highest BCUT2D eigenvalue weighted by Gasteiger charge is 2.23. The lowest BCUT2D eigenvalue weighted by Crippen LogP contribution is -2.21. The fraction of sp³-hybridized carbons (Fsp3) is 0.429. The SMILES string of the molecule is Cc1cnoc1C(CN)C(=O)O. The Hall–Kier alpha value is -1.36. The number of hydrogen-bond donors (Lipinski definition) is 2. The molecule has 0 amide bonds. The number of nitrogens with zero attached hydrogens (tertiary/aromatic N) is 1. The molecule has 0 radical (unpaired) electrons. The molecule has 5 nitrogen and oxygen atoms in total. The topological polar surface area (TPSA) is 89.4 Å². The van der Waals surface area contributed by atoms with Gasteiger partial charge < -0.3 is 15.4 Å². The van der Waals surface area contributed by atoms with Crippen LogP contribution in [0.3, 0.4) is 0 Å². The smallest absolute Gasteiger partial charge is 0.315 e. The van der Waals surface area contributed by atoms with Crippen LogP contribution in [0, 0.1) is 6.92 Å². The van der Waals surface area contributed by atoms with Gasteiger partial charge in [0.15, 0.2) is 5.76 Å².